The number of hydrogen-bond acceptors (Lipinski definition) is 2. The van der Waals surface area contributed by atoms with Crippen LogP contribution in [0.4, 0.5) is 0 Å². The Kier molecular flexibility index (Phi) is 11.5. The van der Waals surface area contributed by atoms with E-state index in [1.165, 1.54) is 0 Å². The van der Waals surface area contributed by atoms with Gasteiger partial charge in [-0.15, -0.1) is 22.2 Å². The lowest BCUT2D eigenvalue weighted by Crippen LogP contribution is -2.16. The Morgan fingerprint density at radius 2 is 0.717 bits per heavy atom. The minimum absolute atomic E-state index is 0.849. The highest BCUT2D eigenvalue weighted by Gasteiger charge is 2.18. The second kappa shape index (κ2) is 16.3. The van der Waals surface area contributed by atoms with Gasteiger partial charge in [0.05, 0.1) is 22.8 Å². The molecule has 298 valence electrons. The lowest BCUT2D eigenvalue weighted by molar-refractivity contribution is 1.27. The summed E-state index contributed by atoms with van der Waals surface area (Å²) in [4.78, 5) is 17.9. The van der Waals surface area contributed by atoms with Crippen LogP contribution in [0.5, 0.6) is 0 Å². The molecule has 0 unspecified atom stereocenters. The minimum Gasteiger partial charge on any atom is -0.355 e. The van der Waals surface area contributed by atoms with Crippen molar-refractivity contribution in [3.63, 3.8) is 0 Å². The summed E-state index contributed by atoms with van der Waals surface area (Å²) in [5.74, 6) is 14.1. The third kappa shape index (κ3) is 11.2. The molecule has 0 atom stereocenters. The van der Waals surface area contributed by atoms with Gasteiger partial charge >= 0.3 is 0 Å². The molecule has 2 aliphatic rings. The molecule has 60 heavy (non-hydrogen) atoms. The molecule has 0 saturated carbocycles. The summed E-state index contributed by atoms with van der Waals surface area (Å²) in [7, 11) is -6.50. The maximum Gasteiger partial charge on any atom is 0.129 e. The average Bonchev–Trinajstić information content (AvgIpc) is 3.98. The Morgan fingerprint density at radius 3 is 1.05 bits per heavy atom. The molecule has 4 nitrogen and oxygen atoms in total. The van der Waals surface area contributed by atoms with Crippen molar-refractivity contribution in [2.75, 3.05) is 0 Å². The molecular formula is C52H54N4Si4. The molecule has 0 amide bonds. The molecule has 0 spiro atoms. The number of benzene rings is 2. The molecule has 5 aromatic rings. The highest BCUT2D eigenvalue weighted by Crippen LogP contribution is 2.34. The summed E-state index contributed by atoms with van der Waals surface area (Å²) in [6.07, 6.45) is 8.35. The number of H-pyrrole nitrogens is 2. The van der Waals surface area contributed by atoms with Crippen LogP contribution in [0, 0.1) is 45.9 Å². The smallest absolute Gasteiger partial charge is 0.129 e. The predicted octanol–water partition coefficient (Wildman–Crippen LogP) is 12.9. The van der Waals surface area contributed by atoms with Crippen molar-refractivity contribution in [3.05, 3.63) is 118 Å². The summed E-state index contributed by atoms with van der Waals surface area (Å²) in [5.41, 5.74) is 29.5. The van der Waals surface area contributed by atoms with Crippen LogP contribution in [-0.4, -0.2) is 52.2 Å². The highest BCUT2D eigenvalue weighted by molar-refractivity contribution is 6.85. The second-order valence-electron chi connectivity index (χ2n) is 19.8. The van der Waals surface area contributed by atoms with E-state index < -0.39 is 32.3 Å². The predicted molar refractivity (Wildman–Crippen MR) is 271 cm³/mol. The van der Waals surface area contributed by atoms with E-state index in [0.29, 0.717) is 0 Å². The normalized spacial score (nSPS) is 12.3. The number of nitrogens with zero attached hydrogens (tertiary/aromatic N) is 2. The van der Waals surface area contributed by atoms with Crippen molar-refractivity contribution in [1.82, 2.24) is 19.9 Å². The van der Waals surface area contributed by atoms with E-state index in [1.807, 2.05) is 0 Å². The first-order valence-corrected chi connectivity index (χ1v) is 34.7. The van der Waals surface area contributed by atoms with Crippen LogP contribution >= 0.6 is 0 Å². The van der Waals surface area contributed by atoms with Crippen molar-refractivity contribution >= 4 is 78.7 Å². The Bertz CT molecular complexity index is 2850. The van der Waals surface area contributed by atoms with E-state index in [9.17, 15) is 0 Å². The van der Waals surface area contributed by atoms with Crippen LogP contribution < -0.4 is 0 Å². The molecule has 8 heteroatoms. The van der Waals surface area contributed by atoms with Crippen LogP contribution in [0.3, 0.4) is 0 Å². The number of rotatable bonds is 2. The largest absolute Gasteiger partial charge is 0.355 e. The molecule has 0 saturated heterocycles. The third-order valence-corrected chi connectivity index (χ3v) is 12.7. The zero-order valence-corrected chi connectivity index (χ0v) is 41.1. The molecule has 0 aliphatic carbocycles. The first-order chi connectivity index (χ1) is 28.1. The summed E-state index contributed by atoms with van der Waals surface area (Å²) < 4.78 is 0. The van der Waals surface area contributed by atoms with E-state index in [4.69, 9.17) is 9.97 Å². The Morgan fingerprint density at radius 1 is 0.383 bits per heavy atom. The van der Waals surface area contributed by atoms with Crippen molar-refractivity contribution in [1.29, 1.82) is 0 Å². The highest BCUT2D eigenvalue weighted by atomic mass is 28.3. The van der Waals surface area contributed by atoms with E-state index in [-0.39, 0.29) is 0 Å². The first-order valence-electron chi connectivity index (χ1n) is 20.7. The number of aromatic nitrogens is 4. The zero-order valence-electron chi connectivity index (χ0n) is 37.1. The Balaban J connectivity index is 1.49. The van der Waals surface area contributed by atoms with Gasteiger partial charge in [-0.2, -0.15) is 0 Å². The van der Waals surface area contributed by atoms with Crippen molar-refractivity contribution < 1.29 is 0 Å². The number of hydrogen-bond donors (Lipinski definition) is 2. The molecule has 2 aromatic carbocycles. The van der Waals surface area contributed by atoms with Gasteiger partial charge in [0.1, 0.15) is 32.3 Å². The molecule has 0 radical (unpaired) electrons. The summed E-state index contributed by atoms with van der Waals surface area (Å²) in [6.45, 7) is 27.3. The van der Waals surface area contributed by atoms with E-state index in [2.05, 4.69) is 231 Å². The molecule has 2 N–H and O–H groups in total. The van der Waals surface area contributed by atoms with E-state index in [0.717, 1.165) is 89.4 Å². The summed E-state index contributed by atoms with van der Waals surface area (Å²) in [6, 6.07) is 25.8. The van der Waals surface area contributed by atoms with Crippen molar-refractivity contribution in [3.8, 4) is 68.1 Å². The van der Waals surface area contributed by atoms with Crippen molar-refractivity contribution in [2.45, 2.75) is 78.6 Å². The molecule has 0 fully saturated rings. The lowest BCUT2D eigenvalue weighted by Gasteiger charge is -2.09. The van der Waals surface area contributed by atoms with Gasteiger partial charge in [0.15, 0.2) is 0 Å². The minimum atomic E-state index is -1.63. The van der Waals surface area contributed by atoms with E-state index in [1.54, 1.807) is 0 Å². The fourth-order valence-electron chi connectivity index (χ4n) is 6.55. The van der Waals surface area contributed by atoms with Crippen LogP contribution in [0.15, 0.2) is 72.8 Å². The van der Waals surface area contributed by atoms with Crippen LogP contribution in [0.25, 0.3) is 68.6 Å². The third-order valence-electron chi connectivity index (χ3n) is 9.17. The molecule has 8 bridgehead atoms. The van der Waals surface area contributed by atoms with Crippen LogP contribution in [-0.2, 0) is 0 Å². The van der Waals surface area contributed by atoms with Gasteiger partial charge in [-0.05, 0) is 108 Å². The molecule has 2 aliphatic heterocycles. The second-order valence-corrected chi connectivity index (χ2v) is 38.8. The summed E-state index contributed by atoms with van der Waals surface area (Å²) >= 11 is 0. The summed E-state index contributed by atoms with van der Waals surface area (Å²) in [5, 5.41) is 0. The lowest BCUT2D eigenvalue weighted by atomic mass is 9.97. The van der Waals surface area contributed by atoms with Gasteiger partial charge in [0, 0.05) is 55.4 Å². The molecule has 7 rings (SSSR count). The number of aromatic amines is 2. The number of fused-ring (bicyclic) bond motifs is 8. The maximum atomic E-state index is 5.23. The van der Waals surface area contributed by atoms with Gasteiger partial charge in [0.2, 0.25) is 0 Å². The fraction of sp³-hybridized carbons (Fsp3) is 0.231. The van der Waals surface area contributed by atoms with Gasteiger partial charge in [0.25, 0.3) is 0 Å². The van der Waals surface area contributed by atoms with E-state index >= 15 is 0 Å². The maximum absolute atomic E-state index is 5.23. The topological polar surface area (TPSA) is 57.4 Å². The first kappa shape index (κ1) is 42.3. The monoisotopic (exact) mass is 846 g/mol. The quantitative estimate of drug-likeness (QED) is 0.135. The number of nitrogens with one attached hydrogen (secondary N) is 2. The fourth-order valence-corrected chi connectivity index (χ4v) is 8.63. The Labute approximate surface area is 361 Å². The van der Waals surface area contributed by atoms with Gasteiger partial charge in [-0.1, -0.05) is 102 Å². The molecule has 5 heterocycles. The Hall–Kier alpha value is -5.85. The zero-order chi connectivity index (χ0) is 43.0. The van der Waals surface area contributed by atoms with Crippen molar-refractivity contribution in [2.24, 2.45) is 0 Å². The average molecular weight is 847 g/mol. The standard InChI is InChI=1S/C52H54N4Si4/c1-57(2,3)25-21-37-29-38(22-26-58(4,5)6)32-41(31-37)51-47-17-13-43(53-47)35-45-15-19-49(55-45)52(50-20-16-46(56-50)36-44-14-18-48(51)54-44)42-33-39(23-27-59(7,8)9)30-40(34-42)24-28-60(10,11)12/h13-20,29-36,53-54H,1-12H3. The van der Waals surface area contributed by atoms with Gasteiger partial charge < -0.3 is 9.97 Å². The van der Waals surface area contributed by atoms with Crippen LogP contribution in [0.1, 0.15) is 45.0 Å². The van der Waals surface area contributed by atoms with Gasteiger partial charge in [-0.25, -0.2) is 9.97 Å². The molecular weight excluding hydrogens is 793 g/mol. The van der Waals surface area contributed by atoms with Gasteiger partial charge in [-0.3, -0.25) is 0 Å². The SMILES string of the molecule is C[Si](C)(C)C#Cc1cc(C#C[Si](C)(C)C)cc(-c2c3nc(cc4ccc([nH]4)c(-c4cc(C#C[Si](C)(C)C)cc(C#C[Si](C)(C)C)c4)c4ccc(cc5nc2C=C5)[nH]4)C=C3)c1. The molecule has 3 aromatic heterocycles. The van der Waals surface area contributed by atoms with Crippen LogP contribution in [0.2, 0.25) is 78.6 Å².